The fourth-order valence-electron chi connectivity index (χ4n) is 9.87. The Labute approximate surface area is 351 Å². The number of hydrogen-bond donors (Lipinski definition) is 0. The van der Waals surface area contributed by atoms with Gasteiger partial charge in [-0.1, -0.05) is 121 Å². The molecule has 9 aromatic carbocycles. The highest BCUT2D eigenvalue weighted by Gasteiger charge is 2.42. The molecule has 12 rings (SSSR count). The number of fused-ring (bicyclic) bond motifs is 11. The third-order valence-electron chi connectivity index (χ3n) is 12.5. The van der Waals surface area contributed by atoms with Crippen LogP contribution in [0.2, 0.25) is 0 Å². The van der Waals surface area contributed by atoms with Gasteiger partial charge in [0.2, 0.25) is 0 Å². The van der Waals surface area contributed by atoms with E-state index in [0.717, 1.165) is 17.8 Å². The molecular formula is C55H38N2S2. The van der Waals surface area contributed by atoms with Crippen LogP contribution >= 0.6 is 22.7 Å². The maximum atomic E-state index is 2.61. The highest BCUT2D eigenvalue weighted by molar-refractivity contribution is 7.26. The van der Waals surface area contributed by atoms with Gasteiger partial charge in [-0.2, -0.15) is 0 Å². The van der Waals surface area contributed by atoms with Crippen molar-refractivity contribution in [3.05, 3.63) is 211 Å². The van der Waals surface area contributed by atoms with Crippen molar-refractivity contribution in [1.82, 2.24) is 0 Å². The molecule has 0 saturated carbocycles. The third kappa shape index (κ3) is 5.37. The van der Waals surface area contributed by atoms with Crippen molar-refractivity contribution in [3.8, 4) is 11.1 Å². The largest absolute Gasteiger partial charge is 0.331 e. The van der Waals surface area contributed by atoms with Crippen LogP contribution in [0.3, 0.4) is 0 Å². The molecule has 2 heterocycles. The second-order valence-corrected chi connectivity index (χ2v) is 18.0. The van der Waals surface area contributed by atoms with E-state index in [-0.39, 0.29) is 0 Å². The number of hydrogen-bond acceptors (Lipinski definition) is 4. The Morgan fingerprint density at radius 3 is 1.58 bits per heavy atom. The van der Waals surface area contributed by atoms with Crippen LogP contribution in [-0.2, 0) is 12.0 Å². The molecule has 1 aliphatic rings. The predicted molar refractivity (Wildman–Crippen MR) is 256 cm³/mol. The van der Waals surface area contributed by atoms with E-state index < -0.39 is 5.54 Å². The second-order valence-electron chi connectivity index (χ2n) is 15.9. The van der Waals surface area contributed by atoms with E-state index in [1.165, 1.54) is 90.4 Å². The molecule has 0 amide bonds. The van der Waals surface area contributed by atoms with Crippen molar-refractivity contribution in [2.75, 3.05) is 9.80 Å². The average molecular weight is 791 g/mol. The van der Waals surface area contributed by atoms with E-state index in [2.05, 4.69) is 217 Å². The van der Waals surface area contributed by atoms with Crippen LogP contribution in [-0.4, -0.2) is 0 Å². The molecule has 0 aliphatic heterocycles. The summed E-state index contributed by atoms with van der Waals surface area (Å²) in [5, 5.41) is 7.75. The summed E-state index contributed by atoms with van der Waals surface area (Å²) in [6.45, 7) is 2.46. The lowest BCUT2D eigenvalue weighted by atomic mass is 9.71. The van der Waals surface area contributed by atoms with Crippen LogP contribution in [0.15, 0.2) is 200 Å². The number of para-hydroxylation sites is 2. The van der Waals surface area contributed by atoms with Crippen molar-refractivity contribution >= 4 is 102 Å². The highest BCUT2D eigenvalue weighted by atomic mass is 32.1. The van der Waals surface area contributed by atoms with Crippen LogP contribution in [0.1, 0.15) is 18.1 Å². The van der Waals surface area contributed by atoms with Crippen LogP contribution in [0.5, 0.6) is 0 Å². The van der Waals surface area contributed by atoms with Crippen molar-refractivity contribution in [3.63, 3.8) is 0 Å². The normalized spacial score (nSPS) is 14.9. The zero-order valence-corrected chi connectivity index (χ0v) is 34.1. The standard InChI is InChI=1S/C55H38N2S2/c1-55(57(37-18-6-3-7-19-37)39-29-31-54-47(33-39)44-24-12-15-27-52(44)59-54)35-48-40-20-8-9-22-42(40)50(34-45(48)41-21-10-13-25-49(41)55)56(36-16-4-2-5-17-36)38-28-30-53-46(32-38)43-23-11-14-26-51(43)58-53/h2-34H,35H2,1H3. The monoisotopic (exact) mass is 790 g/mol. The molecule has 1 atom stereocenters. The van der Waals surface area contributed by atoms with E-state index in [9.17, 15) is 0 Å². The second kappa shape index (κ2) is 13.4. The molecule has 11 aromatic rings. The first-order valence-electron chi connectivity index (χ1n) is 20.3. The first-order valence-corrected chi connectivity index (χ1v) is 21.9. The van der Waals surface area contributed by atoms with Gasteiger partial charge in [0.05, 0.1) is 11.2 Å². The molecule has 0 spiro atoms. The minimum Gasteiger partial charge on any atom is -0.331 e. The summed E-state index contributed by atoms with van der Waals surface area (Å²) in [6, 6.07) is 74.3. The summed E-state index contributed by atoms with van der Waals surface area (Å²) in [5.74, 6) is 0. The number of benzene rings is 9. The van der Waals surface area contributed by atoms with Gasteiger partial charge in [0.1, 0.15) is 0 Å². The topological polar surface area (TPSA) is 6.48 Å². The molecule has 0 bridgehead atoms. The summed E-state index contributed by atoms with van der Waals surface area (Å²) in [6.07, 6.45) is 0.829. The number of thiophene rings is 2. The van der Waals surface area contributed by atoms with Crippen LogP contribution in [0, 0.1) is 0 Å². The third-order valence-corrected chi connectivity index (χ3v) is 14.8. The van der Waals surface area contributed by atoms with Crippen molar-refractivity contribution < 1.29 is 0 Å². The molecule has 1 unspecified atom stereocenters. The Morgan fingerprint density at radius 2 is 0.898 bits per heavy atom. The van der Waals surface area contributed by atoms with Crippen molar-refractivity contribution in [2.24, 2.45) is 0 Å². The van der Waals surface area contributed by atoms with Crippen molar-refractivity contribution in [1.29, 1.82) is 0 Å². The first-order chi connectivity index (χ1) is 29.1. The highest BCUT2D eigenvalue weighted by Crippen LogP contribution is 2.54. The van der Waals surface area contributed by atoms with Gasteiger partial charge < -0.3 is 9.80 Å². The van der Waals surface area contributed by atoms with Gasteiger partial charge in [-0.25, -0.2) is 0 Å². The lowest BCUT2D eigenvalue weighted by molar-refractivity contribution is 0.475. The van der Waals surface area contributed by atoms with Crippen LogP contribution in [0.4, 0.5) is 28.4 Å². The molecule has 2 nitrogen and oxygen atoms in total. The molecule has 0 saturated heterocycles. The minimum atomic E-state index is -0.418. The van der Waals surface area contributed by atoms with Crippen LogP contribution in [0.25, 0.3) is 62.2 Å². The Balaban J connectivity index is 1.09. The number of anilines is 5. The predicted octanol–water partition coefficient (Wildman–Crippen LogP) is 16.3. The lowest BCUT2D eigenvalue weighted by Gasteiger charge is -2.47. The number of nitrogens with zero attached hydrogens (tertiary/aromatic N) is 2. The smallest absolute Gasteiger partial charge is 0.0721 e. The summed E-state index contributed by atoms with van der Waals surface area (Å²) in [4.78, 5) is 5.08. The lowest BCUT2D eigenvalue weighted by Crippen LogP contribution is -2.45. The molecule has 59 heavy (non-hydrogen) atoms. The van der Waals surface area contributed by atoms with E-state index in [1.807, 2.05) is 22.7 Å². The SMILES string of the molecule is CC1(N(c2ccccc2)c2ccc3sc4ccccc4c3c2)Cc2c(cc(N(c3ccccc3)c3ccc4sc5ccccc5c4c3)c3ccccc23)-c2ccccc21. The Morgan fingerprint density at radius 1 is 0.390 bits per heavy atom. The van der Waals surface area contributed by atoms with Gasteiger partial charge in [0.15, 0.2) is 0 Å². The molecule has 0 radical (unpaired) electrons. The molecule has 1 aliphatic carbocycles. The van der Waals surface area contributed by atoms with Gasteiger partial charge >= 0.3 is 0 Å². The quantitative estimate of drug-likeness (QED) is 0.166. The fraction of sp³-hybridized carbons (Fsp3) is 0.0545. The van der Waals surface area contributed by atoms with Crippen LogP contribution < -0.4 is 9.80 Å². The Bertz CT molecular complexity index is 3400. The summed E-state index contributed by atoms with van der Waals surface area (Å²) in [5.41, 5.74) is 10.7. The molecule has 0 N–H and O–H groups in total. The van der Waals surface area contributed by atoms with E-state index >= 15 is 0 Å². The average Bonchev–Trinajstić information content (AvgIpc) is 3.86. The molecule has 280 valence electrons. The Kier molecular flexibility index (Phi) is 7.81. The maximum absolute atomic E-state index is 2.61. The maximum Gasteiger partial charge on any atom is 0.0721 e. The number of rotatable bonds is 6. The van der Waals surface area contributed by atoms with Gasteiger partial charge in [-0.3, -0.25) is 0 Å². The summed E-state index contributed by atoms with van der Waals surface area (Å²) in [7, 11) is 0. The minimum absolute atomic E-state index is 0.418. The van der Waals surface area contributed by atoms with E-state index in [1.54, 1.807) is 0 Å². The summed E-state index contributed by atoms with van der Waals surface area (Å²) >= 11 is 3.74. The van der Waals surface area contributed by atoms with Gasteiger partial charge in [-0.05, 0) is 113 Å². The van der Waals surface area contributed by atoms with Crippen molar-refractivity contribution in [2.45, 2.75) is 18.9 Å². The molecular weight excluding hydrogens is 753 g/mol. The van der Waals surface area contributed by atoms with E-state index in [0.29, 0.717) is 0 Å². The molecule has 2 aromatic heterocycles. The molecule has 4 heteroatoms. The zero-order chi connectivity index (χ0) is 39.1. The molecule has 0 fully saturated rings. The zero-order valence-electron chi connectivity index (χ0n) is 32.5. The summed E-state index contributed by atoms with van der Waals surface area (Å²) < 4.78 is 5.26. The van der Waals surface area contributed by atoms with Gasteiger partial charge in [-0.15, -0.1) is 22.7 Å². The fourth-order valence-corrected chi connectivity index (χ4v) is 12.0. The first kappa shape index (κ1) is 34.3. The van der Waals surface area contributed by atoms with Gasteiger partial charge in [0, 0.05) is 74.9 Å². The van der Waals surface area contributed by atoms with E-state index in [4.69, 9.17) is 0 Å². The van der Waals surface area contributed by atoms with Gasteiger partial charge in [0.25, 0.3) is 0 Å². The Hall–Kier alpha value is -6.72.